The van der Waals surface area contributed by atoms with Crippen LogP contribution in [0.15, 0.2) is 47.3 Å². The Labute approximate surface area is 135 Å². The molecule has 0 radical (unpaired) electrons. The summed E-state index contributed by atoms with van der Waals surface area (Å²) in [7, 11) is 5.56. The van der Waals surface area contributed by atoms with Crippen molar-refractivity contribution in [3.63, 3.8) is 0 Å². The van der Waals surface area contributed by atoms with Gasteiger partial charge in [0.2, 0.25) is 0 Å². The van der Waals surface area contributed by atoms with Gasteiger partial charge in [-0.1, -0.05) is 29.8 Å². The number of rotatable bonds is 3. The minimum Gasteiger partial charge on any atom is -0.497 e. The van der Waals surface area contributed by atoms with Crippen molar-refractivity contribution >= 4 is 16.5 Å². The van der Waals surface area contributed by atoms with Crippen LogP contribution in [0, 0.1) is 6.92 Å². The highest BCUT2D eigenvalue weighted by atomic mass is 16.5. The number of hydrogen-bond donors (Lipinski definition) is 1. The Kier molecular flexibility index (Phi) is 3.82. The summed E-state index contributed by atoms with van der Waals surface area (Å²) in [6.45, 7) is 2.05. The summed E-state index contributed by atoms with van der Waals surface area (Å²) in [5.41, 5.74) is 3.89. The SMILES string of the molecule is COc1ccc2c(N(C)C)c(-c3ccc(C)cc3)[nH]c(=O)c2c1. The number of hydrogen-bond acceptors (Lipinski definition) is 3. The summed E-state index contributed by atoms with van der Waals surface area (Å²) in [4.78, 5) is 17.6. The van der Waals surface area contributed by atoms with Crippen molar-refractivity contribution < 1.29 is 4.74 Å². The van der Waals surface area contributed by atoms with Gasteiger partial charge in [-0.05, 0) is 25.1 Å². The molecule has 0 amide bonds. The molecule has 118 valence electrons. The van der Waals surface area contributed by atoms with E-state index >= 15 is 0 Å². The summed E-state index contributed by atoms with van der Waals surface area (Å²) in [5.74, 6) is 0.677. The first-order valence-electron chi connectivity index (χ1n) is 7.49. The fourth-order valence-corrected chi connectivity index (χ4v) is 2.81. The molecule has 3 aromatic rings. The first kappa shape index (κ1) is 15.2. The summed E-state index contributed by atoms with van der Waals surface area (Å²) in [6.07, 6.45) is 0. The number of fused-ring (bicyclic) bond motifs is 1. The molecule has 0 saturated carbocycles. The summed E-state index contributed by atoms with van der Waals surface area (Å²) >= 11 is 0. The largest absolute Gasteiger partial charge is 0.497 e. The monoisotopic (exact) mass is 308 g/mol. The van der Waals surface area contributed by atoms with Crippen LogP contribution >= 0.6 is 0 Å². The van der Waals surface area contributed by atoms with E-state index in [-0.39, 0.29) is 5.56 Å². The van der Waals surface area contributed by atoms with Gasteiger partial charge in [0.25, 0.3) is 5.56 Å². The normalized spacial score (nSPS) is 10.8. The highest BCUT2D eigenvalue weighted by Gasteiger charge is 2.15. The second-order valence-electron chi connectivity index (χ2n) is 5.85. The molecule has 0 atom stereocenters. The van der Waals surface area contributed by atoms with Crippen LogP contribution in [0.3, 0.4) is 0 Å². The third kappa shape index (κ3) is 2.68. The third-order valence-corrected chi connectivity index (χ3v) is 3.99. The average Bonchev–Trinajstić information content (AvgIpc) is 2.54. The second kappa shape index (κ2) is 5.80. The van der Waals surface area contributed by atoms with E-state index in [2.05, 4.69) is 4.98 Å². The molecule has 2 aromatic carbocycles. The zero-order valence-electron chi connectivity index (χ0n) is 13.8. The molecule has 23 heavy (non-hydrogen) atoms. The number of methoxy groups -OCH3 is 1. The smallest absolute Gasteiger partial charge is 0.256 e. The van der Waals surface area contributed by atoms with E-state index in [1.165, 1.54) is 5.56 Å². The second-order valence-corrected chi connectivity index (χ2v) is 5.85. The number of H-pyrrole nitrogens is 1. The molecule has 4 nitrogen and oxygen atoms in total. The Morgan fingerprint density at radius 2 is 1.70 bits per heavy atom. The van der Waals surface area contributed by atoms with Crippen LogP contribution in [0.1, 0.15) is 5.56 Å². The Morgan fingerprint density at radius 1 is 1.00 bits per heavy atom. The number of pyridine rings is 1. The number of benzene rings is 2. The van der Waals surface area contributed by atoms with Crippen molar-refractivity contribution in [3.05, 3.63) is 58.4 Å². The van der Waals surface area contributed by atoms with E-state index < -0.39 is 0 Å². The number of ether oxygens (including phenoxy) is 1. The van der Waals surface area contributed by atoms with Gasteiger partial charge in [0, 0.05) is 25.0 Å². The summed E-state index contributed by atoms with van der Waals surface area (Å²) in [5, 5.41) is 1.54. The molecule has 0 aliphatic rings. The highest BCUT2D eigenvalue weighted by molar-refractivity contribution is 6.00. The number of aromatic amines is 1. The zero-order chi connectivity index (χ0) is 16.6. The molecule has 1 N–H and O–H groups in total. The predicted molar refractivity (Wildman–Crippen MR) is 95.6 cm³/mol. The molecule has 0 aliphatic heterocycles. The molecule has 3 rings (SSSR count). The van der Waals surface area contributed by atoms with Crippen molar-refractivity contribution in [3.8, 4) is 17.0 Å². The Hall–Kier alpha value is -2.75. The van der Waals surface area contributed by atoms with Crippen molar-refractivity contribution in [1.29, 1.82) is 0 Å². The maximum Gasteiger partial charge on any atom is 0.256 e. The Balaban J connectivity index is 2.36. The van der Waals surface area contributed by atoms with Gasteiger partial charge in [0.05, 0.1) is 23.9 Å². The molecular weight excluding hydrogens is 288 g/mol. The van der Waals surface area contributed by atoms with Gasteiger partial charge in [0.1, 0.15) is 5.75 Å². The molecule has 4 heteroatoms. The van der Waals surface area contributed by atoms with Crippen LogP contribution in [0.2, 0.25) is 0 Å². The van der Waals surface area contributed by atoms with E-state index in [9.17, 15) is 4.79 Å². The van der Waals surface area contributed by atoms with E-state index in [1.54, 1.807) is 13.2 Å². The van der Waals surface area contributed by atoms with E-state index in [0.717, 1.165) is 22.3 Å². The van der Waals surface area contributed by atoms with Crippen LogP contribution in [0.25, 0.3) is 22.0 Å². The lowest BCUT2D eigenvalue weighted by Crippen LogP contribution is -2.16. The molecule has 0 spiro atoms. The first-order valence-corrected chi connectivity index (χ1v) is 7.49. The summed E-state index contributed by atoms with van der Waals surface area (Å²) < 4.78 is 5.24. The number of aryl methyl sites for hydroxylation is 1. The molecule has 0 aliphatic carbocycles. The lowest BCUT2D eigenvalue weighted by atomic mass is 10.0. The van der Waals surface area contributed by atoms with Crippen LogP contribution in [0.5, 0.6) is 5.75 Å². The van der Waals surface area contributed by atoms with Crippen LogP contribution < -0.4 is 15.2 Å². The molecule has 1 aromatic heterocycles. The molecule has 1 heterocycles. The van der Waals surface area contributed by atoms with Gasteiger partial charge in [0.15, 0.2) is 0 Å². The minimum absolute atomic E-state index is 0.111. The zero-order valence-corrected chi connectivity index (χ0v) is 13.8. The maximum atomic E-state index is 12.6. The standard InChI is InChI=1S/C19H20N2O2/c1-12-5-7-13(8-6-12)17-18(21(2)3)15-10-9-14(23-4)11-16(15)19(22)20-17/h5-11H,1-4H3,(H,20,22). The quantitative estimate of drug-likeness (QED) is 0.804. The number of anilines is 1. The molecule has 0 saturated heterocycles. The maximum absolute atomic E-state index is 12.6. The van der Waals surface area contributed by atoms with Crippen molar-refractivity contribution in [1.82, 2.24) is 4.98 Å². The average molecular weight is 308 g/mol. The van der Waals surface area contributed by atoms with Gasteiger partial charge in [-0.15, -0.1) is 0 Å². The number of nitrogens with zero attached hydrogens (tertiary/aromatic N) is 1. The van der Waals surface area contributed by atoms with Crippen molar-refractivity contribution in [2.24, 2.45) is 0 Å². The van der Waals surface area contributed by atoms with E-state index in [1.807, 2.05) is 62.3 Å². The first-order chi connectivity index (χ1) is 11.0. The predicted octanol–water partition coefficient (Wildman–Crippen LogP) is 3.58. The summed E-state index contributed by atoms with van der Waals surface area (Å²) in [6, 6.07) is 13.8. The van der Waals surface area contributed by atoms with Crippen LogP contribution in [0.4, 0.5) is 5.69 Å². The number of aromatic nitrogens is 1. The number of nitrogens with one attached hydrogen (secondary N) is 1. The van der Waals surface area contributed by atoms with Crippen LogP contribution in [-0.4, -0.2) is 26.2 Å². The van der Waals surface area contributed by atoms with E-state index in [0.29, 0.717) is 11.1 Å². The lowest BCUT2D eigenvalue weighted by molar-refractivity contribution is 0.415. The highest BCUT2D eigenvalue weighted by Crippen LogP contribution is 2.34. The van der Waals surface area contributed by atoms with Gasteiger partial charge in [-0.3, -0.25) is 4.79 Å². The molecule has 0 bridgehead atoms. The van der Waals surface area contributed by atoms with E-state index in [4.69, 9.17) is 4.74 Å². The van der Waals surface area contributed by atoms with Gasteiger partial charge < -0.3 is 14.6 Å². The molecular formula is C19H20N2O2. The van der Waals surface area contributed by atoms with Crippen molar-refractivity contribution in [2.45, 2.75) is 6.92 Å². The van der Waals surface area contributed by atoms with Crippen molar-refractivity contribution in [2.75, 3.05) is 26.1 Å². The fraction of sp³-hybridized carbons (Fsp3) is 0.211. The van der Waals surface area contributed by atoms with Gasteiger partial charge in [-0.25, -0.2) is 0 Å². The lowest BCUT2D eigenvalue weighted by Gasteiger charge is -2.20. The molecule has 0 unspecified atom stereocenters. The molecule has 0 fully saturated rings. The van der Waals surface area contributed by atoms with Gasteiger partial charge >= 0.3 is 0 Å². The van der Waals surface area contributed by atoms with Crippen LogP contribution in [-0.2, 0) is 0 Å². The Morgan fingerprint density at radius 3 is 2.30 bits per heavy atom. The van der Waals surface area contributed by atoms with Gasteiger partial charge in [-0.2, -0.15) is 0 Å². The Bertz CT molecular complexity index is 909. The minimum atomic E-state index is -0.111. The topological polar surface area (TPSA) is 45.3 Å². The third-order valence-electron chi connectivity index (χ3n) is 3.99. The fourth-order valence-electron chi connectivity index (χ4n) is 2.81.